The zero-order chi connectivity index (χ0) is 15.2. The molecule has 1 atom stereocenters. The third kappa shape index (κ3) is 3.72. The molecule has 0 spiro atoms. The van der Waals surface area contributed by atoms with Crippen molar-refractivity contribution >= 4 is 17.5 Å². The number of hydrogen-bond acceptors (Lipinski definition) is 4. The van der Waals surface area contributed by atoms with E-state index in [1.807, 2.05) is 24.3 Å². The van der Waals surface area contributed by atoms with Crippen LogP contribution in [-0.2, 0) is 14.3 Å². The van der Waals surface area contributed by atoms with Gasteiger partial charge in [0, 0.05) is 32.9 Å². The Hall–Kier alpha value is -2.08. The molecule has 1 aromatic carbocycles. The minimum Gasteiger partial charge on any atom is -0.384 e. The highest BCUT2D eigenvalue weighted by Crippen LogP contribution is 2.31. The van der Waals surface area contributed by atoms with Gasteiger partial charge in [0.15, 0.2) is 0 Å². The van der Waals surface area contributed by atoms with Crippen LogP contribution < -0.4 is 10.6 Å². The molecule has 21 heavy (non-hydrogen) atoms. The number of anilines is 1. The van der Waals surface area contributed by atoms with Crippen LogP contribution in [0.1, 0.15) is 11.5 Å². The molecule has 1 aromatic rings. The fourth-order valence-electron chi connectivity index (χ4n) is 2.41. The molecule has 2 N–H and O–H groups in total. The zero-order valence-electron chi connectivity index (χ0n) is 12.4. The number of carbonyl (C=O) groups is 2. The first kappa shape index (κ1) is 15.3. The average molecular weight is 291 g/mol. The maximum Gasteiger partial charge on any atom is 0.239 e. The standard InChI is InChI=1S/C15H21N3O3/c1-18(10-14(19)16-7-8-21-2)15(20)12-9-17-13-6-4-3-5-11(12)13/h3-6,12,17H,7-10H2,1-2H3,(H,16,19). The Morgan fingerprint density at radius 2 is 2.19 bits per heavy atom. The Kier molecular flexibility index (Phi) is 5.16. The van der Waals surface area contributed by atoms with Gasteiger partial charge in [-0.15, -0.1) is 0 Å². The monoisotopic (exact) mass is 291 g/mol. The van der Waals surface area contributed by atoms with Crippen molar-refractivity contribution in [3.05, 3.63) is 29.8 Å². The lowest BCUT2D eigenvalue weighted by Crippen LogP contribution is -2.41. The third-order valence-corrected chi connectivity index (χ3v) is 3.52. The van der Waals surface area contributed by atoms with Crippen molar-refractivity contribution in [2.45, 2.75) is 5.92 Å². The molecule has 114 valence electrons. The fraction of sp³-hybridized carbons (Fsp3) is 0.467. The van der Waals surface area contributed by atoms with E-state index < -0.39 is 0 Å². The summed E-state index contributed by atoms with van der Waals surface area (Å²) in [5, 5.41) is 5.92. The van der Waals surface area contributed by atoms with Gasteiger partial charge >= 0.3 is 0 Å². The SMILES string of the molecule is COCCNC(=O)CN(C)C(=O)C1CNc2ccccc21. The van der Waals surface area contributed by atoms with E-state index in [2.05, 4.69) is 10.6 Å². The van der Waals surface area contributed by atoms with Crippen LogP contribution in [0.2, 0.25) is 0 Å². The van der Waals surface area contributed by atoms with Gasteiger partial charge in [-0.05, 0) is 11.6 Å². The Labute approximate surface area is 124 Å². The van der Waals surface area contributed by atoms with Crippen molar-refractivity contribution in [2.24, 2.45) is 0 Å². The van der Waals surface area contributed by atoms with Crippen LogP contribution in [0.3, 0.4) is 0 Å². The van der Waals surface area contributed by atoms with E-state index in [1.54, 1.807) is 14.2 Å². The quantitative estimate of drug-likeness (QED) is 0.745. The first-order chi connectivity index (χ1) is 10.1. The number of methoxy groups -OCH3 is 1. The lowest BCUT2D eigenvalue weighted by molar-refractivity contribution is -0.135. The summed E-state index contributed by atoms with van der Waals surface area (Å²) in [5.74, 6) is -0.450. The van der Waals surface area contributed by atoms with Crippen molar-refractivity contribution in [3.63, 3.8) is 0 Å². The Bertz CT molecular complexity index is 519. The first-order valence-corrected chi connectivity index (χ1v) is 6.97. The predicted octanol–water partition coefficient (Wildman–Crippen LogP) is 0.417. The molecule has 0 saturated carbocycles. The molecule has 0 radical (unpaired) electrons. The van der Waals surface area contributed by atoms with E-state index in [-0.39, 0.29) is 24.3 Å². The van der Waals surface area contributed by atoms with E-state index in [0.29, 0.717) is 19.7 Å². The molecule has 0 fully saturated rings. The number of carbonyl (C=O) groups excluding carboxylic acids is 2. The van der Waals surface area contributed by atoms with Crippen molar-refractivity contribution in [3.8, 4) is 0 Å². The number of nitrogens with one attached hydrogen (secondary N) is 2. The molecule has 0 aliphatic carbocycles. The molecule has 0 aromatic heterocycles. The predicted molar refractivity (Wildman–Crippen MR) is 80.2 cm³/mol. The highest BCUT2D eigenvalue weighted by Gasteiger charge is 2.30. The molecule has 1 unspecified atom stereocenters. The summed E-state index contributed by atoms with van der Waals surface area (Å²) in [7, 11) is 3.23. The molecule has 2 rings (SSSR count). The number of benzene rings is 1. The Morgan fingerprint density at radius 1 is 1.43 bits per heavy atom. The van der Waals surface area contributed by atoms with Gasteiger partial charge in [-0.25, -0.2) is 0 Å². The van der Waals surface area contributed by atoms with Gasteiger partial charge in [0.2, 0.25) is 11.8 Å². The number of fused-ring (bicyclic) bond motifs is 1. The van der Waals surface area contributed by atoms with Crippen molar-refractivity contribution in [2.75, 3.05) is 45.7 Å². The highest BCUT2D eigenvalue weighted by molar-refractivity contribution is 5.91. The normalized spacial score (nSPS) is 16.0. The van der Waals surface area contributed by atoms with Crippen molar-refractivity contribution in [1.82, 2.24) is 10.2 Å². The van der Waals surface area contributed by atoms with Gasteiger partial charge in [-0.1, -0.05) is 18.2 Å². The summed E-state index contributed by atoms with van der Waals surface area (Å²) in [6, 6.07) is 7.76. The van der Waals surface area contributed by atoms with Gasteiger partial charge in [0.05, 0.1) is 19.1 Å². The number of hydrogen-bond donors (Lipinski definition) is 2. The second kappa shape index (κ2) is 7.08. The summed E-state index contributed by atoms with van der Waals surface area (Å²) < 4.78 is 4.86. The molecule has 1 aliphatic rings. The van der Waals surface area contributed by atoms with Crippen LogP contribution in [0.25, 0.3) is 0 Å². The fourth-order valence-corrected chi connectivity index (χ4v) is 2.41. The molecule has 2 amide bonds. The Morgan fingerprint density at radius 3 is 2.95 bits per heavy atom. The number of nitrogens with zero attached hydrogens (tertiary/aromatic N) is 1. The van der Waals surface area contributed by atoms with Crippen LogP contribution in [0.4, 0.5) is 5.69 Å². The van der Waals surface area contributed by atoms with E-state index in [9.17, 15) is 9.59 Å². The number of likely N-dealkylation sites (N-methyl/N-ethyl adjacent to an activating group) is 1. The third-order valence-electron chi connectivity index (χ3n) is 3.52. The Balaban J connectivity index is 1.90. The molecule has 6 nitrogen and oxygen atoms in total. The number of rotatable bonds is 6. The van der Waals surface area contributed by atoms with E-state index >= 15 is 0 Å². The lowest BCUT2D eigenvalue weighted by Gasteiger charge is -2.20. The van der Waals surface area contributed by atoms with Crippen LogP contribution in [0.15, 0.2) is 24.3 Å². The maximum absolute atomic E-state index is 12.5. The number of ether oxygens (including phenoxy) is 1. The topological polar surface area (TPSA) is 70.7 Å². The van der Waals surface area contributed by atoms with Crippen molar-refractivity contribution < 1.29 is 14.3 Å². The molecule has 1 heterocycles. The summed E-state index contributed by atoms with van der Waals surface area (Å²) in [6.07, 6.45) is 0. The number of amides is 2. The summed E-state index contributed by atoms with van der Waals surface area (Å²) >= 11 is 0. The maximum atomic E-state index is 12.5. The van der Waals surface area contributed by atoms with Crippen LogP contribution in [0.5, 0.6) is 0 Å². The molecule has 0 bridgehead atoms. The van der Waals surface area contributed by atoms with Gasteiger partial charge in [0.25, 0.3) is 0 Å². The van der Waals surface area contributed by atoms with Crippen molar-refractivity contribution in [1.29, 1.82) is 0 Å². The van der Waals surface area contributed by atoms with Crippen LogP contribution >= 0.6 is 0 Å². The minimum atomic E-state index is -0.224. The zero-order valence-corrected chi connectivity index (χ0v) is 12.4. The van der Waals surface area contributed by atoms with Crippen LogP contribution in [0, 0.1) is 0 Å². The molecular weight excluding hydrogens is 270 g/mol. The highest BCUT2D eigenvalue weighted by atomic mass is 16.5. The van der Waals surface area contributed by atoms with Gasteiger partial charge in [-0.2, -0.15) is 0 Å². The summed E-state index contributed by atoms with van der Waals surface area (Å²) in [4.78, 5) is 25.6. The van der Waals surface area contributed by atoms with Crippen LogP contribution in [-0.4, -0.2) is 57.1 Å². The molecule has 6 heteroatoms. The summed E-state index contributed by atoms with van der Waals surface area (Å²) in [6.45, 7) is 1.55. The molecular formula is C15H21N3O3. The summed E-state index contributed by atoms with van der Waals surface area (Å²) in [5.41, 5.74) is 1.99. The van der Waals surface area contributed by atoms with E-state index in [1.165, 1.54) is 4.90 Å². The van der Waals surface area contributed by atoms with Gasteiger partial charge < -0.3 is 20.3 Å². The van der Waals surface area contributed by atoms with E-state index in [0.717, 1.165) is 11.3 Å². The van der Waals surface area contributed by atoms with E-state index in [4.69, 9.17) is 4.74 Å². The molecule has 0 saturated heterocycles. The second-order valence-electron chi connectivity index (χ2n) is 5.06. The lowest BCUT2D eigenvalue weighted by atomic mass is 10.00. The molecule has 1 aliphatic heterocycles. The smallest absolute Gasteiger partial charge is 0.239 e. The van der Waals surface area contributed by atoms with Gasteiger partial charge in [-0.3, -0.25) is 9.59 Å². The second-order valence-corrected chi connectivity index (χ2v) is 5.06. The number of para-hydroxylation sites is 1. The average Bonchev–Trinajstić information content (AvgIpc) is 2.90. The largest absolute Gasteiger partial charge is 0.384 e. The first-order valence-electron chi connectivity index (χ1n) is 6.97. The minimum absolute atomic E-state index is 0.0469. The van der Waals surface area contributed by atoms with Gasteiger partial charge in [0.1, 0.15) is 0 Å².